The molecule has 0 amide bonds. The van der Waals surface area contributed by atoms with Crippen LogP contribution in [-0.2, 0) is 6.42 Å². The predicted octanol–water partition coefficient (Wildman–Crippen LogP) is 4.07. The topological polar surface area (TPSA) is 59.9 Å². The molecule has 23 heavy (non-hydrogen) atoms. The Balaban J connectivity index is 2.02. The number of pyridine rings is 1. The molecule has 0 radical (unpaired) electrons. The number of anilines is 1. The van der Waals surface area contributed by atoms with Gasteiger partial charge in [-0.3, -0.25) is 0 Å². The smallest absolute Gasteiger partial charge is 0.250 e. The van der Waals surface area contributed by atoms with Crippen LogP contribution in [-0.4, -0.2) is 27.6 Å². The summed E-state index contributed by atoms with van der Waals surface area (Å²) in [4.78, 5) is 12.4. The fraction of sp³-hybridized carbons (Fsp3) is 0.400. The highest BCUT2D eigenvalue weighted by Gasteiger charge is 2.14. The molecule has 2 heterocycles. The van der Waals surface area contributed by atoms with E-state index in [1.54, 1.807) is 6.92 Å². The maximum absolute atomic E-state index is 13.6. The van der Waals surface area contributed by atoms with Crippen LogP contribution in [0.1, 0.15) is 25.4 Å². The summed E-state index contributed by atoms with van der Waals surface area (Å²) in [6.45, 7) is 5.83. The van der Waals surface area contributed by atoms with Crippen molar-refractivity contribution in [3.8, 4) is 5.88 Å². The molecule has 0 saturated heterocycles. The quantitative estimate of drug-likeness (QED) is 0.843. The van der Waals surface area contributed by atoms with Gasteiger partial charge in [0, 0.05) is 6.20 Å². The highest BCUT2D eigenvalue weighted by atomic mass is 35.5. The highest BCUT2D eigenvalue weighted by Crippen LogP contribution is 2.24. The van der Waals surface area contributed by atoms with Crippen molar-refractivity contribution >= 4 is 29.0 Å². The monoisotopic (exact) mass is 358 g/mol. The van der Waals surface area contributed by atoms with E-state index in [0.29, 0.717) is 23.1 Å². The third-order valence-corrected chi connectivity index (χ3v) is 3.60. The van der Waals surface area contributed by atoms with E-state index < -0.39 is 5.82 Å². The third kappa shape index (κ3) is 4.65. The van der Waals surface area contributed by atoms with Crippen LogP contribution < -0.4 is 10.1 Å². The number of hydrogen-bond donors (Lipinski definition) is 1. The Morgan fingerprint density at radius 3 is 2.74 bits per heavy atom. The Bertz CT molecular complexity index is 699. The Morgan fingerprint density at radius 1 is 1.35 bits per heavy atom. The molecule has 1 N–H and O–H groups in total. The summed E-state index contributed by atoms with van der Waals surface area (Å²) in [6.07, 6.45) is 2.04. The first-order chi connectivity index (χ1) is 10.9. The first kappa shape index (κ1) is 17.7. The molecule has 0 spiro atoms. The molecular weight excluding hydrogens is 342 g/mol. The molecule has 2 aromatic rings. The second kappa shape index (κ2) is 7.75. The summed E-state index contributed by atoms with van der Waals surface area (Å²) >= 11 is 11.9. The summed E-state index contributed by atoms with van der Waals surface area (Å²) in [5.41, 5.74) is 0.778. The van der Waals surface area contributed by atoms with Gasteiger partial charge in [-0.15, -0.1) is 0 Å². The molecule has 2 aromatic heterocycles. The fourth-order valence-corrected chi connectivity index (χ4v) is 2.35. The van der Waals surface area contributed by atoms with Crippen LogP contribution in [0.4, 0.5) is 10.2 Å². The largest absolute Gasteiger partial charge is 0.473 e. The van der Waals surface area contributed by atoms with Gasteiger partial charge in [-0.1, -0.05) is 30.1 Å². The molecule has 124 valence electrons. The van der Waals surface area contributed by atoms with Crippen molar-refractivity contribution in [3.05, 3.63) is 39.6 Å². The molecule has 0 saturated carbocycles. The SMILES string of the molecule is CCc1nc(C)nc(NC(C)COc2ncc(Cl)cc2F)c1Cl. The van der Waals surface area contributed by atoms with E-state index in [1.165, 1.54) is 6.20 Å². The molecule has 0 aliphatic rings. The molecular formula is C15H17Cl2FN4O. The van der Waals surface area contributed by atoms with Gasteiger partial charge in [0.05, 0.1) is 16.8 Å². The number of aryl methyl sites for hydroxylation is 2. The lowest BCUT2D eigenvalue weighted by atomic mass is 10.3. The van der Waals surface area contributed by atoms with Gasteiger partial charge in [0.25, 0.3) is 5.88 Å². The standard InChI is InChI=1S/C15H17Cl2FN4O/c1-4-12-13(17)14(22-9(3)21-12)20-8(2)7-23-15-11(18)5-10(16)6-19-15/h5-6,8H,4,7H2,1-3H3,(H,20,21,22). The molecule has 0 aliphatic heterocycles. The fourth-order valence-electron chi connectivity index (χ4n) is 1.93. The summed E-state index contributed by atoms with van der Waals surface area (Å²) in [5, 5.41) is 3.85. The van der Waals surface area contributed by atoms with E-state index in [9.17, 15) is 4.39 Å². The minimum Gasteiger partial charge on any atom is -0.473 e. The Hall–Kier alpha value is -1.66. The molecule has 0 bridgehead atoms. The second-order valence-corrected chi connectivity index (χ2v) is 5.84. The Labute approximate surface area is 144 Å². The van der Waals surface area contributed by atoms with Gasteiger partial charge in [0.1, 0.15) is 23.3 Å². The number of hydrogen-bond acceptors (Lipinski definition) is 5. The van der Waals surface area contributed by atoms with Gasteiger partial charge in [-0.05, 0) is 26.3 Å². The summed E-state index contributed by atoms with van der Waals surface area (Å²) in [7, 11) is 0. The summed E-state index contributed by atoms with van der Waals surface area (Å²) < 4.78 is 19.0. The average Bonchev–Trinajstić information content (AvgIpc) is 2.49. The number of aromatic nitrogens is 3. The number of nitrogens with one attached hydrogen (secondary N) is 1. The summed E-state index contributed by atoms with van der Waals surface area (Å²) in [5.74, 6) is 0.472. The van der Waals surface area contributed by atoms with Gasteiger partial charge in [0.2, 0.25) is 0 Å². The van der Waals surface area contributed by atoms with Gasteiger partial charge in [-0.25, -0.2) is 19.3 Å². The lowest BCUT2D eigenvalue weighted by molar-refractivity contribution is 0.277. The zero-order valence-corrected chi connectivity index (χ0v) is 14.5. The van der Waals surface area contributed by atoms with Crippen molar-refractivity contribution in [1.29, 1.82) is 0 Å². The normalized spacial score (nSPS) is 12.1. The van der Waals surface area contributed by atoms with E-state index in [-0.39, 0.29) is 23.6 Å². The van der Waals surface area contributed by atoms with Crippen molar-refractivity contribution < 1.29 is 9.13 Å². The first-order valence-corrected chi connectivity index (χ1v) is 7.89. The van der Waals surface area contributed by atoms with Gasteiger partial charge in [0.15, 0.2) is 5.82 Å². The molecule has 1 unspecified atom stereocenters. The van der Waals surface area contributed by atoms with E-state index in [0.717, 1.165) is 11.8 Å². The molecule has 0 fully saturated rings. The van der Waals surface area contributed by atoms with Gasteiger partial charge in [-0.2, -0.15) is 0 Å². The minimum atomic E-state index is -0.603. The van der Waals surface area contributed by atoms with E-state index in [1.807, 2.05) is 13.8 Å². The van der Waals surface area contributed by atoms with Crippen molar-refractivity contribution in [2.75, 3.05) is 11.9 Å². The van der Waals surface area contributed by atoms with Gasteiger partial charge < -0.3 is 10.1 Å². The molecule has 8 heteroatoms. The third-order valence-electron chi connectivity index (χ3n) is 2.99. The van der Waals surface area contributed by atoms with Crippen molar-refractivity contribution in [2.24, 2.45) is 0 Å². The number of nitrogens with zero attached hydrogens (tertiary/aromatic N) is 3. The Kier molecular flexibility index (Phi) is 5.96. The number of halogens is 3. The van der Waals surface area contributed by atoms with E-state index in [4.69, 9.17) is 27.9 Å². The molecule has 0 aliphatic carbocycles. The van der Waals surface area contributed by atoms with Crippen molar-refractivity contribution in [1.82, 2.24) is 15.0 Å². The van der Waals surface area contributed by atoms with Crippen molar-refractivity contribution in [2.45, 2.75) is 33.2 Å². The zero-order valence-electron chi connectivity index (χ0n) is 13.0. The molecule has 1 atom stereocenters. The lowest BCUT2D eigenvalue weighted by Gasteiger charge is -2.17. The number of rotatable bonds is 6. The number of ether oxygens (including phenoxy) is 1. The molecule has 0 aromatic carbocycles. The van der Waals surface area contributed by atoms with E-state index in [2.05, 4.69) is 20.3 Å². The zero-order chi connectivity index (χ0) is 17.0. The van der Waals surface area contributed by atoms with E-state index >= 15 is 0 Å². The van der Waals surface area contributed by atoms with Crippen LogP contribution in [0.25, 0.3) is 0 Å². The van der Waals surface area contributed by atoms with Crippen molar-refractivity contribution in [3.63, 3.8) is 0 Å². The highest BCUT2D eigenvalue weighted by molar-refractivity contribution is 6.33. The summed E-state index contributed by atoms with van der Waals surface area (Å²) in [6, 6.07) is 0.989. The Morgan fingerprint density at radius 2 is 2.09 bits per heavy atom. The van der Waals surface area contributed by atoms with Crippen LogP contribution in [0.15, 0.2) is 12.3 Å². The second-order valence-electron chi connectivity index (χ2n) is 5.03. The van der Waals surface area contributed by atoms with Crippen LogP contribution in [0.3, 0.4) is 0 Å². The minimum absolute atomic E-state index is 0.0951. The lowest BCUT2D eigenvalue weighted by Crippen LogP contribution is -2.25. The maximum Gasteiger partial charge on any atom is 0.250 e. The first-order valence-electron chi connectivity index (χ1n) is 7.14. The van der Waals surface area contributed by atoms with Crippen LogP contribution in [0.5, 0.6) is 5.88 Å². The van der Waals surface area contributed by atoms with Crippen LogP contribution >= 0.6 is 23.2 Å². The maximum atomic E-state index is 13.6. The predicted molar refractivity (Wildman–Crippen MR) is 88.9 cm³/mol. The molecule has 5 nitrogen and oxygen atoms in total. The van der Waals surface area contributed by atoms with Gasteiger partial charge >= 0.3 is 0 Å². The molecule has 2 rings (SSSR count). The average molecular weight is 359 g/mol. The van der Waals surface area contributed by atoms with Crippen LogP contribution in [0, 0.1) is 12.7 Å². The van der Waals surface area contributed by atoms with Crippen LogP contribution in [0.2, 0.25) is 10.0 Å².